The molecule has 12 heteroatoms. The number of aromatic hydroxyl groups is 4. The first kappa shape index (κ1) is 16.1. The van der Waals surface area contributed by atoms with Crippen LogP contribution < -0.4 is 13.8 Å². The highest BCUT2D eigenvalue weighted by atomic mass is 31.2. The van der Waals surface area contributed by atoms with Crippen LogP contribution in [0.25, 0.3) is 0 Å². The Morgan fingerprint density at radius 3 is 2.37 bits per heavy atom. The van der Waals surface area contributed by atoms with Crippen LogP contribution in [0.3, 0.4) is 0 Å². The zero-order valence-electron chi connectivity index (χ0n) is 13.0. The Morgan fingerprint density at radius 2 is 1.63 bits per heavy atom. The van der Waals surface area contributed by atoms with E-state index in [0.717, 1.165) is 12.1 Å². The quantitative estimate of drug-likeness (QED) is 0.317. The summed E-state index contributed by atoms with van der Waals surface area (Å²) in [6.07, 6.45) is -2.82. The SMILES string of the molecule is O=C1c2c(O)c3c(O)c4c2OC(c2ccc(O)c(O)c2)C1OOP(=O)(O3)O4. The fourth-order valence-electron chi connectivity index (χ4n) is 3.06. The summed E-state index contributed by atoms with van der Waals surface area (Å²) in [5.41, 5.74) is -0.220. The minimum absolute atomic E-state index is 0.184. The third kappa shape index (κ3) is 2.04. The smallest absolute Gasteiger partial charge is 0.504 e. The van der Waals surface area contributed by atoms with Crippen LogP contribution in [-0.4, -0.2) is 32.3 Å². The fourth-order valence-corrected chi connectivity index (χ4v) is 4.15. The predicted molar refractivity (Wildman–Crippen MR) is 82.1 cm³/mol. The number of phosphoric acid groups is 1. The van der Waals surface area contributed by atoms with Crippen LogP contribution >= 0.6 is 7.82 Å². The minimum Gasteiger partial charge on any atom is -0.504 e. The van der Waals surface area contributed by atoms with Crippen molar-refractivity contribution in [3.8, 4) is 40.2 Å². The molecule has 3 unspecified atom stereocenters. The number of carbonyl (C=O) groups is 1. The highest BCUT2D eigenvalue weighted by molar-refractivity contribution is 7.49. The molecule has 140 valence electrons. The molecule has 27 heavy (non-hydrogen) atoms. The normalized spacial score (nSPS) is 27.3. The molecule has 7 rings (SSSR count). The summed E-state index contributed by atoms with van der Waals surface area (Å²) in [7, 11) is -4.47. The number of carbonyl (C=O) groups excluding carboxylic acids is 1. The van der Waals surface area contributed by atoms with Crippen LogP contribution in [0.4, 0.5) is 0 Å². The third-order valence-corrected chi connectivity index (χ3v) is 5.39. The molecule has 0 saturated carbocycles. The number of fused-ring (bicyclic) bond motifs is 1. The van der Waals surface area contributed by atoms with Crippen molar-refractivity contribution >= 4 is 13.6 Å². The minimum atomic E-state index is -4.47. The first-order chi connectivity index (χ1) is 12.8. The van der Waals surface area contributed by atoms with Crippen molar-refractivity contribution in [3.63, 3.8) is 0 Å². The number of hydrogen-bond acceptors (Lipinski definition) is 11. The van der Waals surface area contributed by atoms with E-state index in [1.165, 1.54) is 6.07 Å². The van der Waals surface area contributed by atoms with Crippen molar-refractivity contribution in [1.82, 2.24) is 0 Å². The number of ketones is 1. The average Bonchev–Trinajstić information content (AvgIpc) is 2.70. The number of phenols is 4. The monoisotopic (exact) mass is 396 g/mol. The largest absolute Gasteiger partial charge is 0.616 e. The molecule has 0 spiro atoms. The van der Waals surface area contributed by atoms with Gasteiger partial charge in [-0.2, -0.15) is 0 Å². The molecule has 0 aliphatic carbocycles. The van der Waals surface area contributed by atoms with Crippen molar-refractivity contribution in [2.75, 3.05) is 0 Å². The molecule has 2 aromatic rings. The Labute approximate surface area is 149 Å². The van der Waals surface area contributed by atoms with Gasteiger partial charge in [0.25, 0.3) is 0 Å². The summed E-state index contributed by atoms with van der Waals surface area (Å²) < 4.78 is 32.8. The molecule has 5 heterocycles. The van der Waals surface area contributed by atoms with Crippen LogP contribution in [0.15, 0.2) is 18.2 Å². The maximum Gasteiger partial charge on any atom is 0.616 e. The molecule has 3 atom stereocenters. The van der Waals surface area contributed by atoms with Gasteiger partial charge in [0.15, 0.2) is 35.2 Å². The lowest BCUT2D eigenvalue weighted by atomic mass is 9.92. The van der Waals surface area contributed by atoms with E-state index in [-0.39, 0.29) is 11.3 Å². The van der Waals surface area contributed by atoms with Crippen LogP contribution in [0, 0.1) is 0 Å². The highest BCUT2D eigenvalue weighted by Crippen LogP contribution is 2.68. The summed E-state index contributed by atoms with van der Waals surface area (Å²) in [5, 5.41) is 39.7. The first-order valence-corrected chi connectivity index (χ1v) is 8.94. The molecule has 0 saturated heterocycles. The fraction of sp³-hybridized carbons (Fsp3) is 0.133. The Kier molecular flexibility index (Phi) is 2.96. The van der Waals surface area contributed by atoms with E-state index in [9.17, 15) is 29.8 Å². The van der Waals surface area contributed by atoms with Gasteiger partial charge in [-0.15, -0.1) is 4.67 Å². The Hall–Kier alpha value is -3.14. The van der Waals surface area contributed by atoms with Crippen molar-refractivity contribution < 1.29 is 53.1 Å². The van der Waals surface area contributed by atoms with Gasteiger partial charge in [0.05, 0.1) is 0 Å². The van der Waals surface area contributed by atoms with Crippen LogP contribution in [0.1, 0.15) is 22.0 Å². The lowest BCUT2D eigenvalue weighted by Crippen LogP contribution is -2.37. The van der Waals surface area contributed by atoms with Crippen LogP contribution in [0.2, 0.25) is 0 Å². The number of phosphoric ester groups is 1. The molecular weight excluding hydrogens is 387 g/mol. The highest BCUT2D eigenvalue weighted by Gasteiger charge is 2.54. The van der Waals surface area contributed by atoms with Gasteiger partial charge in [0.2, 0.25) is 23.0 Å². The number of hydrogen-bond donors (Lipinski definition) is 4. The summed E-state index contributed by atoms with van der Waals surface area (Å²) >= 11 is 0. The second-order valence-corrected chi connectivity index (χ2v) is 7.34. The number of rotatable bonds is 1. The van der Waals surface area contributed by atoms with Gasteiger partial charge in [-0.3, -0.25) is 4.79 Å². The molecule has 2 aromatic carbocycles. The van der Waals surface area contributed by atoms with Gasteiger partial charge in [0, 0.05) is 0 Å². The van der Waals surface area contributed by atoms with Gasteiger partial charge in [0.1, 0.15) is 5.56 Å². The molecular formula is C15H9O11P. The Balaban J connectivity index is 1.76. The number of Topliss-reactive ketones (excluding diaryl/α,β-unsaturated/α-hetero) is 1. The van der Waals surface area contributed by atoms with Crippen molar-refractivity contribution in [2.24, 2.45) is 0 Å². The van der Waals surface area contributed by atoms with Crippen LogP contribution in [-0.2, 0) is 14.1 Å². The molecule has 4 N–H and O–H groups in total. The second kappa shape index (κ2) is 4.97. The van der Waals surface area contributed by atoms with E-state index in [1.807, 2.05) is 0 Å². The number of benzene rings is 2. The average molecular weight is 396 g/mol. The predicted octanol–water partition coefficient (Wildman–Crippen LogP) is 2.04. The van der Waals surface area contributed by atoms with E-state index in [1.54, 1.807) is 0 Å². The summed E-state index contributed by atoms with van der Waals surface area (Å²) in [4.78, 5) is 17.9. The number of ether oxygens (including phenoxy) is 1. The van der Waals surface area contributed by atoms with E-state index in [2.05, 4.69) is 0 Å². The van der Waals surface area contributed by atoms with E-state index in [0.29, 0.717) is 0 Å². The van der Waals surface area contributed by atoms with E-state index in [4.69, 9.17) is 23.3 Å². The Bertz CT molecular complexity index is 1080. The molecule has 5 aliphatic heterocycles. The van der Waals surface area contributed by atoms with Gasteiger partial charge in [-0.25, -0.2) is 9.45 Å². The second-order valence-electron chi connectivity index (χ2n) is 5.93. The van der Waals surface area contributed by atoms with E-state index < -0.39 is 65.9 Å². The molecule has 0 aromatic heterocycles. The Morgan fingerprint density at radius 1 is 0.889 bits per heavy atom. The van der Waals surface area contributed by atoms with Gasteiger partial charge in [-0.05, 0) is 17.7 Å². The van der Waals surface area contributed by atoms with Crippen LogP contribution in [0.5, 0.6) is 40.2 Å². The summed E-state index contributed by atoms with van der Waals surface area (Å²) in [5.74, 6) is -4.80. The summed E-state index contributed by atoms with van der Waals surface area (Å²) in [6.45, 7) is 0. The zero-order valence-corrected chi connectivity index (χ0v) is 13.9. The van der Waals surface area contributed by atoms with Gasteiger partial charge < -0.3 is 34.2 Å². The van der Waals surface area contributed by atoms with Crippen molar-refractivity contribution in [1.29, 1.82) is 0 Å². The zero-order chi connectivity index (χ0) is 19.1. The summed E-state index contributed by atoms with van der Waals surface area (Å²) in [6, 6.07) is 3.63. The number of phenolic OH excluding ortho intramolecular Hbond substituents is 4. The molecule has 6 bridgehead atoms. The van der Waals surface area contributed by atoms with Gasteiger partial charge >= 0.3 is 7.82 Å². The molecule has 11 nitrogen and oxygen atoms in total. The molecule has 0 radical (unpaired) electrons. The lowest BCUT2D eigenvalue weighted by Gasteiger charge is -2.31. The van der Waals surface area contributed by atoms with Crippen molar-refractivity contribution in [2.45, 2.75) is 12.2 Å². The maximum atomic E-state index is 12.9. The topological polar surface area (TPSA) is 161 Å². The van der Waals surface area contributed by atoms with Gasteiger partial charge in [-0.1, -0.05) is 6.07 Å². The molecule has 0 fully saturated rings. The molecule has 0 amide bonds. The van der Waals surface area contributed by atoms with E-state index >= 15 is 0 Å². The lowest BCUT2D eigenvalue weighted by molar-refractivity contribution is -0.257. The van der Waals surface area contributed by atoms with Crippen molar-refractivity contribution in [3.05, 3.63) is 29.3 Å². The first-order valence-electron chi connectivity index (χ1n) is 7.48. The maximum absolute atomic E-state index is 12.9. The third-order valence-electron chi connectivity index (χ3n) is 4.31. The molecule has 5 aliphatic rings. The standard InChI is InChI=1S/C15H9O11P/c16-5-2-1-4(3-6(5)17)11-14-9(19)7-8(18)13-10(20)15(12(7)22-11)25-27(21,24-13)26-23-14/h1-3,11,14,16-18,20H.